The lowest BCUT2D eigenvalue weighted by molar-refractivity contribution is 0.590. The minimum absolute atomic E-state index is 0.0574. The number of fused-ring (bicyclic) bond motifs is 3. The second kappa shape index (κ2) is 7.81. The van der Waals surface area contributed by atoms with E-state index in [1.807, 2.05) is 48.3 Å². The minimum Gasteiger partial charge on any atom is -0.329 e. The Morgan fingerprint density at radius 2 is 1.70 bits per heavy atom. The van der Waals surface area contributed by atoms with Crippen molar-refractivity contribution in [2.75, 3.05) is 11.9 Å². The summed E-state index contributed by atoms with van der Waals surface area (Å²) in [6.45, 7) is 6.52. The molecule has 166 valence electrons. The number of hydrogen-bond acceptors (Lipinski definition) is 4. The van der Waals surface area contributed by atoms with Crippen LogP contribution in [-0.2, 0) is 5.41 Å². The van der Waals surface area contributed by atoms with Crippen LogP contribution in [0.4, 0.5) is 15.9 Å². The maximum Gasteiger partial charge on any atom is 0.257 e. The number of rotatable bonds is 3. The molecule has 0 unspecified atom stereocenters. The van der Waals surface area contributed by atoms with Gasteiger partial charge in [0, 0.05) is 23.1 Å². The molecule has 7 heteroatoms. The van der Waals surface area contributed by atoms with Crippen molar-refractivity contribution in [1.29, 1.82) is 0 Å². The van der Waals surface area contributed by atoms with E-state index in [1.54, 1.807) is 16.8 Å². The van der Waals surface area contributed by atoms with Crippen LogP contribution in [0.25, 0.3) is 27.8 Å². The van der Waals surface area contributed by atoms with Crippen molar-refractivity contribution in [3.63, 3.8) is 0 Å². The third kappa shape index (κ3) is 3.91. The van der Waals surface area contributed by atoms with E-state index in [-0.39, 0.29) is 11.2 Å². The number of halogens is 2. The summed E-state index contributed by atoms with van der Waals surface area (Å²) in [4.78, 5) is 6.55. The maximum absolute atomic E-state index is 14.7. The van der Waals surface area contributed by atoms with Crippen LogP contribution in [0.1, 0.15) is 26.3 Å². The highest BCUT2D eigenvalue weighted by Crippen LogP contribution is 2.34. The lowest BCUT2D eigenvalue weighted by Gasteiger charge is -2.22. The third-order valence-electron chi connectivity index (χ3n) is 5.87. The summed E-state index contributed by atoms with van der Waals surface area (Å²) in [6.07, 6.45) is 1.60. The van der Waals surface area contributed by atoms with E-state index >= 15 is 0 Å². The van der Waals surface area contributed by atoms with Gasteiger partial charge in [-0.15, -0.1) is 10.2 Å². The first-order valence-corrected chi connectivity index (χ1v) is 11.0. The molecule has 0 aliphatic heterocycles. The number of hydrogen-bond donors (Lipinski definition) is 0. The molecule has 0 aliphatic rings. The van der Waals surface area contributed by atoms with E-state index in [2.05, 4.69) is 48.1 Å². The number of nitrogens with zero attached hydrogens (tertiary/aromatic N) is 5. The van der Waals surface area contributed by atoms with Gasteiger partial charge in [0.05, 0.1) is 5.52 Å². The molecule has 0 N–H and O–H groups in total. The smallest absolute Gasteiger partial charge is 0.257 e. The topological polar surface area (TPSA) is 46.3 Å². The summed E-state index contributed by atoms with van der Waals surface area (Å²) >= 11 is 6.25. The van der Waals surface area contributed by atoms with E-state index in [1.165, 1.54) is 11.6 Å². The summed E-state index contributed by atoms with van der Waals surface area (Å²) < 4.78 is 16.5. The zero-order chi connectivity index (χ0) is 23.3. The van der Waals surface area contributed by atoms with Crippen molar-refractivity contribution < 1.29 is 4.39 Å². The van der Waals surface area contributed by atoms with Gasteiger partial charge in [-0.3, -0.25) is 4.40 Å². The minimum atomic E-state index is -0.315. The molecule has 0 fully saturated rings. The molecule has 2 heterocycles. The van der Waals surface area contributed by atoms with Crippen LogP contribution in [-0.4, -0.2) is 26.6 Å². The van der Waals surface area contributed by atoms with Gasteiger partial charge < -0.3 is 4.90 Å². The molecule has 0 spiro atoms. The van der Waals surface area contributed by atoms with Gasteiger partial charge in [-0.2, -0.15) is 4.98 Å². The maximum atomic E-state index is 14.7. The Hall–Kier alpha value is -3.51. The summed E-state index contributed by atoms with van der Waals surface area (Å²) in [6, 6.07) is 18.9. The molecule has 2 aromatic heterocycles. The Balaban J connectivity index is 1.62. The predicted octanol–water partition coefficient (Wildman–Crippen LogP) is 6.80. The van der Waals surface area contributed by atoms with E-state index in [9.17, 15) is 4.39 Å². The standard InChI is InChI=1S/C26H23ClFN5/c1-26(2,3)18-7-5-16(6-8-18)17-11-20(28)14-21(12-17)32(4)24-22-10-9-19(27)13-23(22)33-15-29-31-25(33)30-24/h5-15H,1-4H3. The average molecular weight is 460 g/mol. The first kappa shape index (κ1) is 21.3. The highest BCUT2D eigenvalue weighted by molar-refractivity contribution is 6.31. The zero-order valence-corrected chi connectivity index (χ0v) is 19.6. The Kier molecular flexibility index (Phi) is 5.05. The van der Waals surface area contributed by atoms with Gasteiger partial charge in [0.15, 0.2) is 0 Å². The van der Waals surface area contributed by atoms with Gasteiger partial charge >= 0.3 is 0 Å². The average Bonchev–Trinajstić information content (AvgIpc) is 3.26. The normalized spacial score (nSPS) is 11.9. The number of aromatic nitrogens is 4. The Labute approximate surface area is 196 Å². The largest absolute Gasteiger partial charge is 0.329 e. The predicted molar refractivity (Wildman–Crippen MR) is 132 cm³/mol. The van der Waals surface area contributed by atoms with Gasteiger partial charge in [-0.25, -0.2) is 4.39 Å². The van der Waals surface area contributed by atoms with E-state index in [0.29, 0.717) is 22.3 Å². The van der Waals surface area contributed by atoms with Gasteiger partial charge in [-0.1, -0.05) is 56.6 Å². The van der Waals surface area contributed by atoms with Crippen molar-refractivity contribution in [2.24, 2.45) is 0 Å². The zero-order valence-electron chi connectivity index (χ0n) is 18.8. The fraction of sp³-hybridized carbons (Fsp3) is 0.192. The molecule has 5 nitrogen and oxygen atoms in total. The van der Waals surface area contributed by atoms with Gasteiger partial charge in [0.25, 0.3) is 5.78 Å². The fourth-order valence-electron chi connectivity index (χ4n) is 4.00. The molecule has 0 bridgehead atoms. The quantitative estimate of drug-likeness (QED) is 0.297. The van der Waals surface area contributed by atoms with Gasteiger partial charge in [-0.05, 0) is 58.5 Å². The van der Waals surface area contributed by atoms with Crippen molar-refractivity contribution in [1.82, 2.24) is 19.6 Å². The Morgan fingerprint density at radius 1 is 0.939 bits per heavy atom. The summed E-state index contributed by atoms with van der Waals surface area (Å²) in [5.41, 5.74) is 4.55. The van der Waals surface area contributed by atoms with Crippen LogP contribution in [0.15, 0.2) is 67.0 Å². The fourth-order valence-corrected chi connectivity index (χ4v) is 4.16. The van der Waals surface area contributed by atoms with Crippen molar-refractivity contribution >= 4 is 39.8 Å². The first-order chi connectivity index (χ1) is 15.7. The molecule has 5 aromatic rings. The SMILES string of the molecule is CN(c1cc(F)cc(-c2ccc(C(C)(C)C)cc2)c1)c1nc2nncn2c2cc(Cl)ccc12. The van der Waals surface area contributed by atoms with E-state index in [0.717, 1.165) is 22.0 Å². The van der Waals surface area contributed by atoms with Crippen LogP contribution in [0.3, 0.4) is 0 Å². The first-order valence-electron chi connectivity index (χ1n) is 10.6. The summed E-state index contributed by atoms with van der Waals surface area (Å²) in [7, 11) is 1.87. The molecule has 0 radical (unpaired) electrons. The molecule has 33 heavy (non-hydrogen) atoms. The van der Waals surface area contributed by atoms with Crippen molar-refractivity contribution in [2.45, 2.75) is 26.2 Å². The molecule has 0 atom stereocenters. The van der Waals surface area contributed by atoms with Crippen LogP contribution in [0.2, 0.25) is 5.02 Å². The second-order valence-corrected chi connectivity index (χ2v) is 9.62. The van der Waals surface area contributed by atoms with Crippen LogP contribution >= 0.6 is 11.6 Å². The Morgan fingerprint density at radius 3 is 2.42 bits per heavy atom. The molecular weight excluding hydrogens is 437 g/mol. The van der Waals surface area contributed by atoms with Crippen LogP contribution in [0, 0.1) is 5.82 Å². The molecular formula is C26H23ClFN5. The number of anilines is 2. The molecule has 0 saturated heterocycles. The van der Waals surface area contributed by atoms with Crippen molar-refractivity contribution in [3.8, 4) is 11.1 Å². The summed E-state index contributed by atoms with van der Waals surface area (Å²) in [5, 5.41) is 9.54. The lowest BCUT2D eigenvalue weighted by Crippen LogP contribution is -2.13. The third-order valence-corrected chi connectivity index (χ3v) is 6.10. The van der Waals surface area contributed by atoms with Crippen LogP contribution in [0.5, 0.6) is 0 Å². The lowest BCUT2D eigenvalue weighted by atomic mass is 9.86. The molecule has 0 amide bonds. The van der Waals surface area contributed by atoms with E-state index < -0.39 is 0 Å². The Bertz CT molecular complexity index is 1490. The molecule has 5 rings (SSSR count). The molecule has 0 aliphatic carbocycles. The van der Waals surface area contributed by atoms with Crippen molar-refractivity contribution in [3.05, 3.63) is 83.4 Å². The second-order valence-electron chi connectivity index (χ2n) is 9.18. The van der Waals surface area contributed by atoms with E-state index in [4.69, 9.17) is 11.6 Å². The van der Waals surface area contributed by atoms with Crippen LogP contribution < -0.4 is 4.90 Å². The highest BCUT2D eigenvalue weighted by atomic mass is 35.5. The molecule has 0 saturated carbocycles. The number of benzene rings is 3. The van der Waals surface area contributed by atoms with Gasteiger partial charge in [0.2, 0.25) is 0 Å². The monoisotopic (exact) mass is 459 g/mol. The highest BCUT2D eigenvalue weighted by Gasteiger charge is 2.17. The molecule has 3 aromatic carbocycles. The summed E-state index contributed by atoms with van der Waals surface area (Å²) in [5.74, 6) is 0.771. The van der Waals surface area contributed by atoms with Gasteiger partial charge in [0.1, 0.15) is 18.0 Å².